The highest BCUT2D eigenvalue weighted by molar-refractivity contribution is 5.46. The molecule has 1 aromatic carbocycles. The van der Waals surface area contributed by atoms with Gasteiger partial charge in [0.1, 0.15) is 11.5 Å². The van der Waals surface area contributed by atoms with Crippen molar-refractivity contribution in [3.05, 3.63) is 23.3 Å². The maximum atomic E-state index is 5.75. The monoisotopic (exact) mass is 253 g/mol. The summed E-state index contributed by atoms with van der Waals surface area (Å²) in [6.07, 6.45) is 0. The summed E-state index contributed by atoms with van der Waals surface area (Å²) in [5.74, 6) is 1.62. The highest BCUT2D eigenvalue weighted by Gasteiger charge is 2.09. The Morgan fingerprint density at radius 3 is 2.56 bits per heavy atom. The zero-order valence-electron chi connectivity index (χ0n) is 11.3. The van der Waals surface area contributed by atoms with Crippen molar-refractivity contribution in [1.29, 1.82) is 0 Å². The average Bonchev–Trinajstić information content (AvgIpc) is 2.39. The van der Waals surface area contributed by atoms with Gasteiger partial charge in [-0.1, -0.05) is 0 Å². The molecule has 5 heteroatoms. The van der Waals surface area contributed by atoms with Crippen molar-refractivity contribution in [3.63, 3.8) is 0 Å². The molecule has 0 radical (unpaired) electrons. The van der Waals surface area contributed by atoms with E-state index in [4.69, 9.17) is 20.9 Å². The van der Waals surface area contributed by atoms with Crippen LogP contribution in [0.3, 0.4) is 0 Å². The number of rotatable bonds is 7. The van der Waals surface area contributed by atoms with Crippen molar-refractivity contribution in [1.82, 2.24) is 5.32 Å². The molecular formula is C13H23N3O2. The van der Waals surface area contributed by atoms with E-state index in [0.29, 0.717) is 19.6 Å². The SMILES string of the molecule is COc1cc(C)c(CNCC(N)CN)c(OC)c1. The van der Waals surface area contributed by atoms with E-state index in [1.54, 1.807) is 14.2 Å². The average molecular weight is 253 g/mol. The molecule has 0 bridgehead atoms. The Morgan fingerprint density at radius 1 is 1.28 bits per heavy atom. The maximum absolute atomic E-state index is 5.75. The molecule has 0 aliphatic heterocycles. The first kappa shape index (κ1) is 14.8. The minimum Gasteiger partial charge on any atom is -0.497 e. The lowest BCUT2D eigenvalue weighted by molar-refractivity contribution is 0.388. The van der Waals surface area contributed by atoms with Gasteiger partial charge in [0.2, 0.25) is 0 Å². The van der Waals surface area contributed by atoms with E-state index in [2.05, 4.69) is 5.32 Å². The largest absolute Gasteiger partial charge is 0.497 e. The summed E-state index contributed by atoms with van der Waals surface area (Å²) < 4.78 is 10.6. The summed E-state index contributed by atoms with van der Waals surface area (Å²) in [4.78, 5) is 0. The van der Waals surface area contributed by atoms with Gasteiger partial charge < -0.3 is 26.3 Å². The molecule has 5 nitrogen and oxygen atoms in total. The predicted octanol–water partition coefficient (Wildman–Crippen LogP) is 0.388. The van der Waals surface area contributed by atoms with Gasteiger partial charge in [-0.25, -0.2) is 0 Å². The lowest BCUT2D eigenvalue weighted by Gasteiger charge is -2.15. The van der Waals surface area contributed by atoms with Gasteiger partial charge in [0, 0.05) is 37.3 Å². The van der Waals surface area contributed by atoms with E-state index in [9.17, 15) is 0 Å². The van der Waals surface area contributed by atoms with E-state index in [0.717, 1.165) is 22.6 Å². The quantitative estimate of drug-likeness (QED) is 0.655. The van der Waals surface area contributed by atoms with Crippen LogP contribution in [0, 0.1) is 6.92 Å². The fraction of sp³-hybridized carbons (Fsp3) is 0.538. The van der Waals surface area contributed by atoms with Crippen LogP contribution in [0.4, 0.5) is 0 Å². The third-order valence-electron chi connectivity index (χ3n) is 2.87. The van der Waals surface area contributed by atoms with Crippen molar-refractivity contribution in [2.75, 3.05) is 27.3 Å². The van der Waals surface area contributed by atoms with Crippen LogP contribution >= 0.6 is 0 Å². The first-order valence-corrected chi connectivity index (χ1v) is 6.00. The summed E-state index contributed by atoms with van der Waals surface area (Å²) >= 11 is 0. The molecule has 0 aliphatic rings. The Hall–Kier alpha value is -1.30. The van der Waals surface area contributed by atoms with Crippen molar-refractivity contribution in [2.45, 2.75) is 19.5 Å². The number of methoxy groups -OCH3 is 2. The number of hydrogen-bond donors (Lipinski definition) is 3. The second-order valence-corrected chi connectivity index (χ2v) is 4.25. The van der Waals surface area contributed by atoms with Gasteiger partial charge in [0.15, 0.2) is 0 Å². The smallest absolute Gasteiger partial charge is 0.127 e. The Kier molecular flexibility index (Phi) is 5.91. The molecule has 1 aromatic rings. The Morgan fingerprint density at radius 2 is 2.00 bits per heavy atom. The Balaban J connectivity index is 2.75. The lowest BCUT2D eigenvalue weighted by atomic mass is 10.1. The van der Waals surface area contributed by atoms with Crippen LogP contribution in [-0.4, -0.2) is 33.4 Å². The van der Waals surface area contributed by atoms with Gasteiger partial charge in [-0.3, -0.25) is 0 Å². The van der Waals surface area contributed by atoms with E-state index >= 15 is 0 Å². The zero-order valence-corrected chi connectivity index (χ0v) is 11.3. The van der Waals surface area contributed by atoms with E-state index in [1.807, 2.05) is 19.1 Å². The summed E-state index contributed by atoms with van der Waals surface area (Å²) in [6.45, 7) is 3.90. The van der Waals surface area contributed by atoms with Gasteiger partial charge in [0.25, 0.3) is 0 Å². The third-order valence-corrected chi connectivity index (χ3v) is 2.87. The Bertz CT molecular complexity index is 383. The molecule has 18 heavy (non-hydrogen) atoms. The first-order chi connectivity index (χ1) is 8.62. The molecule has 1 unspecified atom stereocenters. The molecule has 102 valence electrons. The highest BCUT2D eigenvalue weighted by atomic mass is 16.5. The second kappa shape index (κ2) is 7.20. The number of ether oxygens (including phenoxy) is 2. The summed E-state index contributed by atoms with van der Waals surface area (Å²) in [7, 11) is 3.30. The fourth-order valence-corrected chi connectivity index (χ4v) is 1.75. The molecule has 0 spiro atoms. The van der Waals surface area contributed by atoms with Crippen LogP contribution < -0.4 is 26.3 Å². The van der Waals surface area contributed by atoms with E-state index in [1.165, 1.54) is 0 Å². The molecule has 0 saturated carbocycles. The second-order valence-electron chi connectivity index (χ2n) is 4.25. The molecular weight excluding hydrogens is 230 g/mol. The molecule has 5 N–H and O–H groups in total. The van der Waals surface area contributed by atoms with Crippen molar-refractivity contribution < 1.29 is 9.47 Å². The summed E-state index contributed by atoms with van der Waals surface area (Å²) in [5, 5.41) is 3.28. The minimum atomic E-state index is -0.0189. The van der Waals surface area contributed by atoms with Crippen LogP contribution in [0.15, 0.2) is 12.1 Å². The minimum absolute atomic E-state index is 0.0189. The van der Waals surface area contributed by atoms with E-state index < -0.39 is 0 Å². The molecule has 0 fully saturated rings. The van der Waals surface area contributed by atoms with Crippen LogP contribution in [0.25, 0.3) is 0 Å². The number of hydrogen-bond acceptors (Lipinski definition) is 5. The zero-order chi connectivity index (χ0) is 13.5. The first-order valence-electron chi connectivity index (χ1n) is 6.00. The molecule has 0 amide bonds. The molecule has 0 aliphatic carbocycles. The van der Waals surface area contributed by atoms with Crippen LogP contribution in [0.5, 0.6) is 11.5 Å². The summed E-state index contributed by atoms with van der Waals surface area (Å²) in [5.41, 5.74) is 13.5. The van der Waals surface area contributed by atoms with Crippen LogP contribution in [0.1, 0.15) is 11.1 Å². The van der Waals surface area contributed by atoms with Gasteiger partial charge in [0.05, 0.1) is 14.2 Å². The highest BCUT2D eigenvalue weighted by Crippen LogP contribution is 2.28. The molecule has 0 saturated heterocycles. The standard InChI is InChI=1S/C13H23N3O2/c1-9-4-11(17-2)5-13(18-3)12(9)8-16-7-10(15)6-14/h4-5,10,16H,6-8,14-15H2,1-3H3. The summed E-state index contributed by atoms with van der Waals surface area (Å²) in [6, 6.07) is 3.85. The number of aryl methyl sites for hydroxylation is 1. The van der Waals surface area contributed by atoms with Gasteiger partial charge in [-0.15, -0.1) is 0 Å². The van der Waals surface area contributed by atoms with E-state index in [-0.39, 0.29) is 6.04 Å². The van der Waals surface area contributed by atoms with Crippen molar-refractivity contribution in [3.8, 4) is 11.5 Å². The third kappa shape index (κ3) is 3.87. The maximum Gasteiger partial charge on any atom is 0.127 e. The van der Waals surface area contributed by atoms with Gasteiger partial charge >= 0.3 is 0 Å². The lowest BCUT2D eigenvalue weighted by Crippen LogP contribution is -2.39. The molecule has 1 rings (SSSR count). The Labute approximate surface area is 108 Å². The van der Waals surface area contributed by atoms with Crippen molar-refractivity contribution >= 4 is 0 Å². The normalized spacial score (nSPS) is 12.3. The molecule has 0 heterocycles. The molecule has 1 atom stereocenters. The van der Waals surface area contributed by atoms with Crippen LogP contribution in [0.2, 0.25) is 0 Å². The van der Waals surface area contributed by atoms with Crippen LogP contribution in [-0.2, 0) is 6.54 Å². The van der Waals surface area contributed by atoms with Gasteiger partial charge in [-0.2, -0.15) is 0 Å². The fourth-order valence-electron chi connectivity index (χ4n) is 1.75. The van der Waals surface area contributed by atoms with Gasteiger partial charge in [-0.05, 0) is 18.6 Å². The number of nitrogens with one attached hydrogen (secondary N) is 1. The topological polar surface area (TPSA) is 82.5 Å². The van der Waals surface area contributed by atoms with Crippen molar-refractivity contribution in [2.24, 2.45) is 11.5 Å². The molecule has 0 aromatic heterocycles. The predicted molar refractivity (Wildman–Crippen MR) is 73.0 cm³/mol. The number of nitrogens with two attached hydrogens (primary N) is 2. The number of benzene rings is 1.